The lowest BCUT2D eigenvalue weighted by Gasteiger charge is -1.98. The van der Waals surface area contributed by atoms with Crippen molar-refractivity contribution in [3.8, 4) is 0 Å². The van der Waals surface area contributed by atoms with E-state index in [-0.39, 0.29) is 0 Å². The van der Waals surface area contributed by atoms with Crippen molar-refractivity contribution in [2.45, 2.75) is 31.6 Å². The molecular weight excluding hydrogens is 143 g/mol. The molecule has 0 rings (SSSR count). The Morgan fingerprint density at radius 1 is 1.38 bits per heavy atom. The van der Waals surface area contributed by atoms with Gasteiger partial charge in [-0.15, -0.1) is 23.2 Å². The van der Waals surface area contributed by atoms with Gasteiger partial charge in [0.1, 0.15) is 0 Å². The van der Waals surface area contributed by atoms with Gasteiger partial charge >= 0.3 is 0 Å². The molecule has 0 amide bonds. The molecule has 0 aliphatic rings. The number of hydrogen-bond acceptors (Lipinski definition) is 0. The SMILES string of the molecule is C[C@@H](Cl)CCCCCl. The molecule has 0 aliphatic carbocycles. The van der Waals surface area contributed by atoms with E-state index in [4.69, 9.17) is 23.2 Å². The fourth-order valence-electron chi connectivity index (χ4n) is 0.520. The monoisotopic (exact) mass is 154 g/mol. The van der Waals surface area contributed by atoms with E-state index in [1.807, 2.05) is 6.92 Å². The van der Waals surface area contributed by atoms with Crippen LogP contribution in [0.4, 0.5) is 0 Å². The molecule has 0 nitrogen and oxygen atoms in total. The summed E-state index contributed by atoms with van der Waals surface area (Å²) in [5, 5.41) is 0.318. The molecule has 0 heterocycles. The maximum absolute atomic E-state index is 5.67. The first-order chi connectivity index (χ1) is 3.77. The summed E-state index contributed by atoms with van der Waals surface area (Å²) in [5.41, 5.74) is 0. The Bertz CT molecular complexity index is 43.8. The van der Waals surface area contributed by atoms with Gasteiger partial charge in [0.05, 0.1) is 0 Å². The van der Waals surface area contributed by atoms with Crippen molar-refractivity contribution < 1.29 is 0 Å². The number of rotatable bonds is 4. The maximum atomic E-state index is 5.67. The van der Waals surface area contributed by atoms with E-state index in [1.165, 1.54) is 0 Å². The zero-order valence-corrected chi connectivity index (χ0v) is 6.67. The molecule has 0 aromatic rings. The van der Waals surface area contributed by atoms with Crippen molar-refractivity contribution in [2.75, 3.05) is 5.88 Å². The fourth-order valence-corrected chi connectivity index (χ4v) is 0.863. The van der Waals surface area contributed by atoms with Crippen LogP contribution in [0, 0.1) is 0 Å². The highest BCUT2D eigenvalue weighted by atomic mass is 35.5. The van der Waals surface area contributed by atoms with Crippen LogP contribution in [0.3, 0.4) is 0 Å². The summed E-state index contributed by atoms with van der Waals surface area (Å²) in [7, 11) is 0. The minimum atomic E-state index is 0.318. The predicted molar refractivity (Wildman–Crippen MR) is 39.9 cm³/mol. The van der Waals surface area contributed by atoms with Crippen molar-refractivity contribution in [3.63, 3.8) is 0 Å². The smallest absolute Gasteiger partial charge is 0.0307 e. The molecule has 0 radical (unpaired) electrons. The molecule has 0 aromatic carbocycles. The molecule has 0 spiro atoms. The molecule has 0 bridgehead atoms. The molecule has 2 heteroatoms. The molecule has 0 saturated heterocycles. The van der Waals surface area contributed by atoms with Gasteiger partial charge in [0, 0.05) is 11.3 Å². The molecule has 0 saturated carbocycles. The highest BCUT2D eigenvalue weighted by molar-refractivity contribution is 6.20. The molecular formula is C6H12Cl2. The van der Waals surface area contributed by atoms with Gasteiger partial charge in [0.2, 0.25) is 0 Å². The van der Waals surface area contributed by atoms with Gasteiger partial charge in [0.25, 0.3) is 0 Å². The Hall–Kier alpha value is 0.580. The average Bonchev–Trinajstić information content (AvgIpc) is 1.66. The largest absolute Gasteiger partial charge is 0.127 e. The second-order valence-electron chi connectivity index (χ2n) is 1.97. The predicted octanol–water partition coefficient (Wildman–Crippen LogP) is 3.02. The minimum Gasteiger partial charge on any atom is -0.127 e. The van der Waals surface area contributed by atoms with Crippen LogP contribution >= 0.6 is 23.2 Å². The van der Waals surface area contributed by atoms with Gasteiger partial charge < -0.3 is 0 Å². The van der Waals surface area contributed by atoms with E-state index >= 15 is 0 Å². The third kappa shape index (κ3) is 6.58. The van der Waals surface area contributed by atoms with Gasteiger partial charge in [-0.2, -0.15) is 0 Å². The molecule has 8 heavy (non-hydrogen) atoms. The number of unbranched alkanes of at least 4 members (excludes halogenated alkanes) is 1. The number of hydrogen-bond donors (Lipinski definition) is 0. The van der Waals surface area contributed by atoms with Crippen molar-refractivity contribution in [1.29, 1.82) is 0 Å². The van der Waals surface area contributed by atoms with Gasteiger partial charge in [0.15, 0.2) is 0 Å². The first-order valence-corrected chi connectivity index (χ1v) is 3.94. The van der Waals surface area contributed by atoms with Crippen LogP contribution in [0.1, 0.15) is 26.2 Å². The van der Waals surface area contributed by atoms with Gasteiger partial charge in [-0.1, -0.05) is 6.42 Å². The third-order valence-corrected chi connectivity index (χ3v) is 1.47. The van der Waals surface area contributed by atoms with Crippen molar-refractivity contribution >= 4 is 23.2 Å². The number of alkyl halides is 2. The lowest BCUT2D eigenvalue weighted by Crippen LogP contribution is -1.89. The van der Waals surface area contributed by atoms with E-state index < -0.39 is 0 Å². The lowest BCUT2D eigenvalue weighted by molar-refractivity contribution is 0.711. The van der Waals surface area contributed by atoms with Gasteiger partial charge in [-0.05, 0) is 19.8 Å². The Labute approximate surface area is 61.2 Å². The summed E-state index contributed by atoms with van der Waals surface area (Å²) in [5.74, 6) is 0.767. The van der Waals surface area contributed by atoms with Crippen LogP contribution in [-0.4, -0.2) is 11.3 Å². The van der Waals surface area contributed by atoms with Crippen LogP contribution in [0.25, 0.3) is 0 Å². The van der Waals surface area contributed by atoms with E-state index in [2.05, 4.69) is 0 Å². The zero-order chi connectivity index (χ0) is 6.41. The van der Waals surface area contributed by atoms with Crippen LogP contribution < -0.4 is 0 Å². The highest BCUT2D eigenvalue weighted by Crippen LogP contribution is 2.06. The molecule has 0 fully saturated rings. The lowest BCUT2D eigenvalue weighted by atomic mass is 10.2. The Kier molecular flexibility index (Phi) is 6.13. The van der Waals surface area contributed by atoms with Crippen LogP contribution in [0.2, 0.25) is 0 Å². The Balaban J connectivity index is 2.72. The molecule has 50 valence electrons. The standard InChI is InChI=1S/C6H12Cl2/c1-6(8)4-2-3-5-7/h6H,2-5H2,1H3/t6-/m1/s1. The van der Waals surface area contributed by atoms with Crippen LogP contribution in [-0.2, 0) is 0 Å². The zero-order valence-electron chi connectivity index (χ0n) is 5.16. The van der Waals surface area contributed by atoms with Crippen molar-refractivity contribution in [2.24, 2.45) is 0 Å². The summed E-state index contributed by atoms with van der Waals surface area (Å²) < 4.78 is 0. The average molecular weight is 155 g/mol. The summed E-state index contributed by atoms with van der Waals surface area (Å²) in [6, 6.07) is 0. The molecule has 1 atom stereocenters. The summed E-state index contributed by atoms with van der Waals surface area (Å²) in [4.78, 5) is 0. The van der Waals surface area contributed by atoms with Gasteiger partial charge in [-0.25, -0.2) is 0 Å². The third-order valence-electron chi connectivity index (χ3n) is 0.986. The number of halogens is 2. The molecule has 0 unspecified atom stereocenters. The van der Waals surface area contributed by atoms with Gasteiger partial charge in [-0.3, -0.25) is 0 Å². The van der Waals surface area contributed by atoms with E-state index in [0.29, 0.717) is 5.38 Å². The highest BCUT2D eigenvalue weighted by Gasteiger charge is 1.93. The first kappa shape index (κ1) is 8.58. The second kappa shape index (κ2) is 5.71. The van der Waals surface area contributed by atoms with Crippen LogP contribution in [0.15, 0.2) is 0 Å². The minimum absolute atomic E-state index is 0.318. The van der Waals surface area contributed by atoms with E-state index in [9.17, 15) is 0 Å². The summed E-state index contributed by atoms with van der Waals surface area (Å²) in [6.07, 6.45) is 3.35. The molecule has 0 aromatic heterocycles. The van der Waals surface area contributed by atoms with Crippen molar-refractivity contribution in [3.05, 3.63) is 0 Å². The first-order valence-electron chi connectivity index (χ1n) is 2.97. The van der Waals surface area contributed by atoms with Crippen molar-refractivity contribution in [1.82, 2.24) is 0 Å². The molecule has 0 aliphatic heterocycles. The second-order valence-corrected chi connectivity index (χ2v) is 3.09. The van der Waals surface area contributed by atoms with Crippen LogP contribution in [0.5, 0.6) is 0 Å². The quantitative estimate of drug-likeness (QED) is 0.432. The Morgan fingerprint density at radius 2 is 2.00 bits per heavy atom. The molecule has 0 N–H and O–H groups in total. The topological polar surface area (TPSA) is 0 Å². The fraction of sp³-hybridized carbons (Fsp3) is 1.00. The summed E-state index contributed by atoms with van der Waals surface area (Å²) in [6.45, 7) is 2.01. The normalized spacial score (nSPS) is 13.9. The van der Waals surface area contributed by atoms with E-state index in [0.717, 1.165) is 25.1 Å². The Morgan fingerprint density at radius 3 is 2.38 bits per heavy atom. The van der Waals surface area contributed by atoms with E-state index in [1.54, 1.807) is 0 Å². The maximum Gasteiger partial charge on any atom is 0.0307 e. The summed E-state index contributed by atoms with van der Waals surface area (Å²) >= 11 is 11.1.